The van der Waals surface area contributed by atoms with Crippen LogP contribution in [0.3, 0.4) is 0 Å². The van der Waals surface area contributed by atoms with Crippen LogP contribution in [0, 0.1) is 0 Å². The number of thiazole rings is 1. The van der Waals surface area contributed by atoms with Crippen LogP contribution in [-0.4, -0.2) is 55.2 Å². The minimum Gasteiger partial charge on any atom is -0.490 e. The maximum Gasteiger partial charge on any atom is 0.260 e. The van der Waals surface area contributed by atoms with Crippen molar-refractivity contribution in [3.8, 4) is 11.5 Å². The number of rotatable bonds is 6. The number of nitrogens with zero attached hydrogens (tertiary/aromatic N) is 3. The van der Waals surface area contributed by atoms with Gasteiger partial charge >= 0.3 is 0 Å². The van der Waals surface area contributed by atoms with Crippen molar-refractivity contribution in [2.75, 3.05) is 44.3 Å². The Morgan fingerprint density at radius 1 is 1.10 bits per heavy atom. The van der Waals surface area contributed by atoms with Crippen LogP contribution in [0.25, 0.3) is 10.2 Å². The molecule has 0 radical (unpaired) electrons. The summed E-state index contributed by atoms with van der Waals surface area (Å²) < 4.78 is 12.3. The number of carbonyl (C=O) groups excluding carboxylic acids is 1. The fraction of sp³-hybridized carbons (Fsp3) is 0.333. The van der Waals surface area contributed by atoms with Gasteiger partial charge in [-0.25, -0.2) is 4.98 Å². The Morgan fingerprint density at radius 2 is 1.83 bits per heavy atom. The van der Waals surface area contributed by atoms with Crippen molar-refractivity contribution < 1.29 is 14.3 Å². The molecular weight excluding hydrogens is 410 g/mol. The number of piperazine rings is 1. The van der Waals surface area contributed by atoms with Gasteiger partial charge in [0.15, 0.2) is 23.2 Å². The second kappa shape index (κ2) is 8.88. The quantitative estimate of drug-likeness (QED) is 0.588. The van der Waals surface area contributed by atoms with Gasteiger partial charge in [0.05, 0.1) is 16.8 Å². The molecule has 8 heteroatoms. The molecule has 3 aromatic rings. The van der Waals surface area contributed by atoms with E-state index in [2.05, 4.69) is 4.90 Å². The maximum absolute atomic E-state index is 12.6. The second-order valence-corrected chi connectivity index (χ2v) is 8.09. The van der Waals surface area contributed by atoms with E-state index in [9.17, 15) is 4.79 Å². The fourth-order valence-corrected chi connectivity index (χ4v) is 4.54. The lowest BCUT2D eigenvalue weighted by Crippen LogP contribution is -2.50. The van der Waals surface area contributed by atoms with Crippen molar-refractivity contribution in [1.82, 2.24) is 9.88 Å². The molecular formula is C21H22ClN3O3S. The Labute approximate surface area is 178 Å². The fourth-order valence-electron chi connectivity index (χ4n) is 3.24. The average molecular weight is 432 g/mol. The van der Waals surface area contributed by atoms with E-state index in [1.807, 2.05) is 54.3 Å². The smallest absolute Gasteiger partial charge is 0.260 e. The molecule has 4 rings (SSSR count). The van der Waals surface area contributed by atoms with Crippen molar-refractivity contribution in [3.05, 3.63) is 47.5 Å². The first-order valence-corrected chi connectivity index (χ1v) is 10.8. The lowest BCUT2D eigenvalue weighted by molar-refractivity contribution is -0.133. The summed E-state index contributed by atoms with van der Waals surface area (Å²) in [4.78, 5) is 21.3. The third-order valence-corrected chi connectivity index (χ3v) is 6.06. The molecule has 1 saturated heterocycles. The molecule has 1 aliphatic rings. The summed E-state index contributed by atoms with van der Waals surface area (Å²) >= 11 is 7.70. The number of ether oxygens (including phenoxy) is 2. The monoisotopic (exact) mass is 431 g/mol. The molecule has 0 bridgehead atoms. The summed E-state index contributed by atoms with van der Waals surface area (Å²) in [6.07, 6.45) is 0. The van der Waals surface area contributed by atoms with Crippen LogP contribution in [0.4, 0.5) is 5.13 Å². The summed E-state index contributed by atoms with van der Waals surface area (Å²) in [5.74, 6) is 1.23. The number of aromatic nitrogens is 1. The number of para-hydroxylation sites is 2. The van der Waals surface area contributed by atoms with Crippen LogP contribution in [0.15, 0.2) is 42.5 Å². The standard InChI is InChI=1S/C21H22ClN3O3S/c1-2-27-17-5-3-4-6-18(17)28-14-20(26)24-9-11-25(12-10-24)21-23-16-8-7-15(22)13-19(16)29-21/h3-8,13H,2,9-12,14H2,1H3. The van der Waals surface area contributed by atoms with Gasteiger partial charge in [-0.1, -0.05) is 35.1 Å². The molecule has 29 heavy (non-hydrogen) atoms. The maximum atomic E-state index is 12.6. The second-order valence-electron chi connectivity index (χ2n) is 6.64. The van der Waals surface area contributed by atoms with Crippen LogP contribution in [0.1, 0.15) is 6.92 Å². The molecule has 6 nitrogen and oxygen atoms in total. The zero-order valence-electron chi connectivity index (χ0n) is 16.1. The number of hydrogen-bond acceptors (Lipinski definition) is 6. The molecule has 1 aliphatic heterocycles. The molecule has 0 spiro atoms. The highest BCUT2D eigenvalue weighted by Crippen LogP contribution is 2.31. The normalized spacial score (nSPS) is 14.3. The minimum absolute atomic E-state index is 0.00369. The number of anilines is 1. The average Bonchev–Trinajstić information content (AvgIpc) is 3.16. The molecule has 0 atom stereocenters. The van der Waals surface area contributed by atoms with Gasteiger partial charge in [0.1, 0.15) is 0 Å². The van der Waals surface area contributed by atoms with Crippen LogP contribution in [-0.2, 0) is 4.79 Å². The summed E-state index contributed by atoms with van der Waals surface area (Å²) in [5.41, 5.74) is 0.953. The van der Waals surface area contributed by atoms with Gasteiger partial charge in [-0.3, -0.25) is 4.79 Å². The van der Waals surface area contributed by atoms with Crippen molar-refractivity contribution in [2.24, 2.45) is 0 Å². The molecule has 0 unspecified atom stereocenters. The molecule has 152 valence electrons. The van der Waals surface area contributed by atoms with Crippen LogP contribution < -0.4 is 14.4 Å². The number of hydrogen-bond donors (Lipinski definition) is 0. The molecule has 0 N–H and O–H groups in total. The molecule has 2 heterocycles. The number of fused-ring (bicyclic) bond motifs is 1. The van der Waals surface area contributed by atoms with E-state index in [1.54, 1.807) is 11.3 Å². The molecule has 2 aromatic carbocycles. The highest BCUT2D eigenvalue weighted by Gasteiger charge is 2.23. The van der Waals surface area contributed by atoms with E-state index in [-0.39, 0.29) is 12.5 Å². The van der Waals surface area contributed by atoms with Crippen molar-refractivity contribution in [2.45, 2.75) is 6.92 Å². The largest absolute Gasteiger partial charge is 0.490 e. The summed E-state index contributed by atoms with van der Waals surface area (Å²) in [5, 5.41) is 1.69. The first kappa shape index (κ1) is 19.8. The van der Waals surface area contributed by atoms with Crippen LogP contribution in [0.2, 0.25) is 5.02 Å². The zero-order valence-corrected chi connectivity index (χ0v) is 17.7. The van der Waals surface area contributed by atoms with Crippen molar-refractivity contribution in [1.29, 1.82) is 0 Å². The van der Waals surface area contributed by atoms with Gasteiger partial charge in [-0.2, -0.15) is 0 Å². The molecule has 1 amide bonds. The van der Waals surface area contributed by atoms with Gasteiger partial charge in [0, 0.05) is 31.2 Å². The Balaban J connectivity index is 1.32. The van der Waals surface area contributed by atoms with E-state index in [0.29, 0.717) is 36.2 Å². The Kier molecular flexibility index (Phi) is 6.06. The SMILES string of the molecule is CCOc1ccccc1OCC(=O)N1CCN(c2nc3ccc(Cl)cc3s2)CC1. The third kappa shape index (κ3) is 4.57. The number of carbonyl (C=O) groups is 1. The third-order valence-electron chi connectivity index (χ3n) is 4.74. The summed E-state index contributed by atoms with van der Waals surface area (Å²) in [6.45, 7) is 5.25. The van der Waals surface area contributed by atoms with Crippen LogP contribution >= 0.6 is 22.9 Å². The van der Waals surface area contributed by atoms with E-state index < -0.39 is 0 Å². The van der Waals surface area contributed by atoms with Crippen molar-refractivity contribution in [3.63, 3.8) is 0 Å². The van der Waals surface area contributed by atoms with Gasteiger partial charge in [0.25, 0.3) is 5.91 Å². The van der Waals surface area contributed by atoms with Crippen LogP contribution in [0.5, 0.6) is 11.5 Å². The molecule has 0 aliphatic carbocycles. The summed E-state index contributed by atoms with van der Waals surface area (Å²) in [7, 11) is 0. The van der Waals surface area contributed by atoms with Gasteiger partial charge < -0.3 is 19.3 Å². The predicted octanol–water partition coefficient (Wildman–Crippen LogP) is 4.08. The number of amides is 1. The first-order chi connectivity index (χ1) is 14.1. The molecule has 1 aromatic heterocycles. The molecule has 1 fully saturated rings. The van der Waals surface area contributed by atoms with Gasteiger partial charge in [-0.15, -0.1) is 0 Å². The Morgan fingerprint density at radius 3 is 2.55 bits per heavy atom. The van der Waals surface area contributed by atoms with Gasteiger partial charge in [-0.05, 0) is 37.3 Å². The molecule has 0 saturated carbocycles. The highest BCUT2D eigenvalue weighted by atomic mass is 35.5. The van der Waals surface area contributed by atoms with E-state index in [0.717, 1.165) is 28.4 Å². The minimum atomic E-state index is -0.0213. The summed E-state index contributed by atoms with van der Waals surface area (Å²) in [6, 6.07) is 13.1. The number of halogens is 1. The van der Waals surface area contributed by atoms with E-state index >= 15 is 0 Å². The van der Waals surface area contributed by atoms with Gasteiger partial charge in [0.2, 0.25) is 0 Å². The van der Waals surface area contributed by atoms with E-state index in [1.165, 1.54) is 0 Å². The Bertz CT molecular complexity index is 1000. The number of benzene rings is 2. The lowest BCUT2D eigenvalue weighted by Gasteiger charge is -2.34. The lowest BCUT2D eigenvalue weighted by atomic mass is 10.3. The topological polar surface area (TPSA) is 54.9 Å². The predicted molar refractivity (Wildman–Crippen MR) is 117 cm³/mol. The van der Waals surface area contributed by atoms with E-state index in [4.69, 9.17) is 26.1 Å². The Hall–Kier alpha value is -2.51. The zero-order chi connectivity index (χ0) is 20.2. The van der Waals surface area contributed by atoms with Crippen molar-refractivity contribution >= 4 is 44.2 Å². The first-order valence-electron chi connectivity index (χ1n) is 9.57. The highest BCUT2D eigenvalue weighted by molar-refractivity contribution is 7.22.